The molecule has 2 aromatic rings. The Kier molecular flexibility index (Phi) is 3.59. The van der Waals surface area contributed by atoms with Crippen LogP contribution >= 0.6 is 0 Å². The zero-order chi connectivity index (χ0) is 14.9. The predicted molar refractivity (Wildman–Crippen MR) is 91.5 cm³/mol. The van der Waals surface area contributed by atoms with Gasteiger partial charge in [0.1, 0.15) is 0 Å². The van der Waals surface area contributed by atoms with E-state index in [1.54, 1.807) is 0 Å². The molecule has 0 spiro atoms. The van der Waals surface area contributed by atoms with Gasteiger partial charge in [0, 0.05) is 16.9 Å². The van der Waals surface area contributed by atoms with Gasteiger partial charge in [-0.15, -0.1) is 0 Å². The molecule has 1 nitrogen and oxygen atoms in total. The fourth-order valence-corrected chi connectivity index (χ4v) is 2.81. The molecule has 1 aliphatic carbocycles. The van der Waals surface area contributed by atoms with Crippen molar-refractivity contribution >= 4 is 11.4 Å². The van der Waals surface area contributed by atoms with Gasteiger partial charge in [0.25, 0.3) is 0 Å². The molecule has 1 N–H and O–H groups in total. The van der Waals surface area contributed by atoms with Crippen LogP contribution in [0.2, 0.25) is 0 Å². The standard InChI is InChI=1S/C20H23N/c1-20(2,3)16-11-13-17(14-12-16)21-19-10-6-8-15-7-4-5-9-18(15)19/h4-5,7,9-14,21H,6,8H2,1-3H3. The van der Waals surface area contributed by atoms with Crippen LogP contribution in [-0.2, 0) is 11.8 Å². The van der Waals surface area contributed by atoms with E-state index >= 15 is 0 Å². The molecule has 21 heavy (non-hydrogen) atoms. The second-order valence-corrected chi connectivity index (χ2v) is 6.77. The van der Waals surface area contributed by atoms with Gasteiger partial charge in [-0.1, -0.05) is 63.2 Å². The van der Waals surface area contributed by atoms with Crippen LogP contribution < -0.4 is 5.32 Å². The van der Waals surface area contributed by atoms with Crippen molar-refractivity contribution in [1.29, 1.82) is 0 Å². The summed E-state index contributed by atoms with van der Waals surface area (Å²) in [7, 11) is 0. The van der Waals surface area contributed by atoms with Crippen LogP contribution in [0, 0.1) is 0 Å². The summed E-state index contributed by atoms with van der Waals surface area (Å²) < 4.78 is 0. The molecule has 0 bridgehead atoms. The van der Waals surface area contributed by atoms with Gasteiger partial charge in [-0.2, -0.15) is 0 Å². The summed E-state index contributed by atoms with van der Waals surface area (Å²) in [5.74, 6) is 0. The molecule has 1 aliphatic rings. The number of allylic oxidation sites excluding steroid dienone is 1. The van der Waals surface area contributed by atoms with Crippen molar-refractivity contribution in [2.75, 3.05) is 5.32 Å². The maximum absolute atomic E-state index is 3.58. The highest BCUT2D eigenvalue weighted by atomic mass is 14.9. The van der Waals surface area contributed by atoms with Gasteiger partial charge >= 0.3 is 0 Å². The molecule has 0 aromatic heterocycles. The average molecular weight is 277 g/mol. The van der Waals surface area contributed by atoms with Crippen molar-refractivity contribution in [3.05, 3.63) is 71.3 Å². The fourth-order valence-electron chi connectivity index (χ4n) is 2.81. The van der Waals surface area contributed by atoms with Crippen LogP contribution in [0.5, 0.6) is 0 Å². The number of aryl methyl sites for hydroxylation is 1. The highest BCUT2D eigenvalue weighted by Gasteiger charge is 2.14. The molecule has 0 saturated heterocycles. The maximum atomic E-state index is 3.58. The lowest BCUT2D eigenvalue weighted by Gasteiger charge is -2.21. The quantitative estimate of drug-likeness (QED) is 0.776. The first kappa shape index (κ1) is 13.9. The smallest absolute Gasteiger partial charge is 0.0420 e. The van der Waals surface area contributed by atoms with E-state index in [-0.39, 0.29) is 5.41 Å². The molecule has 0 heterocycles. The van der Waals surface area contributed by atoms with E-state index in [0.717, 1.165) is 18.5 Å². The molecule has 0 atom stereocenters. The molecule has 3 rings (SSSR count). The van der Waals surface area contributed by atoms with Gasteiger partial charge < -0.3 is 5.32 Å². The molecule has 0 aliphatic heterocycles. The molecular formula is C20H23N. The minimum atomic E-state index is 0.204. The zero-order valence-electron chi connectivity index (χ0n) is 13.1. The van der Waals surface area contributed by atoms with E-state index in [1.807, 2.05) is 0 Å². The van der Waals surface area contributed by atoms with Gasteiger partial charge in [0.05, 0.1) is 0 Å². The normalized spacial score (nSPS) is 14.3. The number of hydrogen-bond donors (Lipinski definition) is 1. The summed E-state index contributed by atoms with van der Waals surface area (Å²) in [6.45, 7) is 6.74. The number of benzene rings is 2. The Morgan fingerprint density at radius 3 is 2.33 bits per heavy atom. The predicted octanol–water partition coefficient (Wildman–Crippen LogP) is 5.38. The SMILES string of the molecule is CC(C)(C)c1ccc(NC2=CCCc3ccccc32)cc1. The minimum absolute atomic E-state index is 0.204. The third-order valence-electron chi connectivity index (χ3n) is 4.10. The van der Waals surface area contributed by atoms with Gasteiger partial charge in [-0.25, -0.2) is 0 Å². The highest BCUT2D eigenvalue weighted by Crippen LogP contribution is 2.29. The van der Waals surface area contributed by atoms with E-state index in [2.05, 4.69) is 80.7 Å². The first-order valence-electron chi connectivity index (χ1n) is 7.70. The second kappa shape index (κ2) is 5.40. The lowest BCUT2D eigenvalue weighted by molar-refractivity contribution is 0.590. The van der Waals surface area contributed by atoms with Crippen LogP contribution in [0.3, 0.4) is 0 Å². The number of nitrogens with one attached hydrogen (secondary N) is 1. The Labute approximate surface area is 127 Å². The average Bonchev–Trinajstić information content (AvgIpc) is 2.47. The maximum Gasteiger partial charge on any atom is 0.0420 e. The van der Waals surface area contributed by atoms with Crippen LogP contribution in [0.1, 0.15) is 43.9 Å². The topological polar surface area (TPSA) is 12.0 Å². The van der Waals surface area contributed by atoms with Crippen molar-refractivity contribution in [2.45, 2.75) is 39.0 Å². The first-order valence-corrected chi connectivity index (χ1v) is 7.70. The second-order valence-electron chi connectivity index (χ2n) is 6.77. The molecule has 0 fully saturated rings. The van der Waals surface area contributed by atoms with Gasteiger partial charge in [-0.05, 0) is 41.5 Å². The van der Waals surface area contributed by atoms with Crippen LogP contribution in [0.15, 0.2) is 54.6 Å². The third kappa shape index (κ3) is 3.02. The van der Waals surface area contributed by atoms with Gasteiger partial charge in [0.2, 0.25) is 0 Å². The highest BCUT2D eigenvalue weighted by molar-refractivity contribution is 5.79. The van der Waals surface area contributed by atoms with Crippen molar-refractivity contribution in [3.63, 3.8) is 0 Å². The van der Waals surface area contributed by atoms with Crippen molar-refractivity contribution in [2.24, 2.45) is 0 Å². The van der Waals surface area contributed by atoms with Crippen molar-refractivity contribution < 1.29 is 0 Å². The van der Waals surface area contributed by atoms with Gasteiger partial charge in [-0.3, -0.25) is 0 Å². The lowest BCUT2D eigenvalue weighted by atomic mass is 9.87. The number of fused-ring (bicyclic) bond motifs is 1. The summed E-state index contributed by atoms with van der Waals surface area (Å²) in [6, 6.07) is 17.5. The summed E-state index contributed by atoms with van der Waals surface area (Å²) in [5, 5.41) is 3.58. The zero-order valence-corrected chi connectivity index (χ0v) is 13.1. The van der Waals surface area contributed by atoms with Crippen LogP contribution in [0.4, 0.5) is 5.69 Å². The number of hydrogen-bond acceptors (Lipinski definition) is 1. The molecule has 1 heteroatoms. The van der Waals surface area contributed by atoms with E-state index in [4.69, 9.17) is 0 Å². The fraction of sp³-hybridized carbons (Fsp3) is 0.300. The molecule has 0 radical (unpaired) electrons. The lowest BCUT2D eigenvalue weighted by Crippen LogP contribution is -2.11. The van der Waals surface area contributed by atoms with Gasteiger partial charge in [0.15, 0.2) is 0 Å². The largest absolute Gasteiger partial charge is 0.355 e. The first-order chi connectivity index (χ1) is 10.0. The number of anilines is 1. The monoisotopic (exact) mass is 277 g/mol. The van der Waals surface area contributed by atoms with Crippen LogP contribution in [-0.4, -0.2) is 0 Å². The Morgan fingerprint density at radius 1 is 0.905 bits per heavy atom. The summed E-state index contributed by atoms with van der Waals surface area (Å²) in [6.07, 6.45) is 4.56. The Balaban J connectivity index is 1.83. The van der Waals surface area contributed by atoms with Crippen molar-refractivity contribution in [1.82, 2.24) is 0 Å². The van der Waals surface area contributed by atoms with E-state index in [9.17, 15) is 0 Å². The Morgan fingerprint density at radius 2 is 1.62 bits per heavy atom. The van der Waals surface area contributed by atoms with Crippen LogP contribution in [0.25, 0.3) is 5.70 Å². The third-order valence-corrected chi connectivity index (χ3v) is 4.10. The Hall–Kier alpha value is -2.02. The molecule has 0 unspecified atom stereocenters. The van der Waals surface area contributed by atoms with E-state index in [0.29, 0.717) is 0 Å². The van der Waals surface area contributed by atoms with E-state index in [1.165, 1.54) is 22.4 Å². The summed E-state index contributed by atoms with van der Waals surface area (Å²) in [5.41, 5.74) is 6.74. The molecule has 0 saturated carbocycles. The minimum Gasteiger partial charge on any atom is -0.355 e. The Bertz CT molecular complexity index is 657. The molecule has 0 amide bonds. The molecule has 2 aromatic carbocycles. The van der Waals surface area contributed by atoms with E-state index < -0.39 is 0 Å². The number of rotatable bonds is 2. The summed E-state index contributed by atoms with van der Waals surface area (Å²) in [4.78, 5) is 0. The molecule has 108 valence electrons. The van der Waals surface area contributed by atoms with Crippen molar-refractivity contribution in [3.8, 4) is 0 Å². The summed E-state index contributed by atoms with van der Waals surface area (Å²) >= 11 is 0. The molecular weight excluding hydrogens is 254 g/mol.